The minimum atomic E-state index is -2.92. The van der Waals surface area contributed by atoms with Crippen LogP contribution in [-0.2, 0) is 9.84 Å². The van der Waals surface area contributed by atoms with Crippen LogP contribution in [0.1, 0.15) is 25.1 Å². The number of anilines is 4. The van der Waals surface area contributed by atoms with Crippen LogP contribution in [0.5, 0.6) is 0 Å². The van der Waals surface area contributed by atoms with Gasteiger partial charge in [0.2, 0.25) is 0 Å². The Balaban J connectivity index is 1.45. The number of hydrogen-bond acceptors (Lipinski definition) is 7. The van der Waals surface area contributed by atoms with Gasteiger partial charge < -0.3 is 15.5 Å². The Morgan fingerprint density at radius 3 is 2.44 bits per heavy atom. The molecule has 27 heavy (non-hydrogen) atoms. The fourth-order valence-electron chi connectivity index (χ4n) is 3.70. The molecule has 4 rings (SSSR count). The molecule has 2 aliphatic heterocycles. The van der Waals surface area contributed by atoms with E-state index in [1.807, 2.05) is 13.0 Å². The van der Waals surface area contributed by atoms with Crippen molar-refractivity contribution in [3.05, 3.63) is 36.2 Å². The number of benzene rings is 1. The van der Waals surface area contributed by atoms with Gasteiger partial charge in [-0.1, -0.05) is 0 Å². The highest BCUT2D eigenvalue weighted by atomic mass is 32.2. The highest BCUT2D eigenvalue weighted by Gasteiger charge is 2.28. The molecule has 1 unspecified atom stereocenters. The summed E-state index contributed by atoms with van der Waals surface area (Å²) in [5.41, 5.74) is 2.21. The molecule has 2 N–H and O–H groups in total. The van der Waals surface area contributed by atoms with Gasteiger partial charge in [-0.3, -0.25) is 0 Å². The lowest BCUT2D eigenvalue weighted by atomic mass is 10.2. The van der Waals surface area contributed by atoms with Crippen LogP contribution in [0, 0.1) is 6.92 Å². The molecule has 2 fully saturated rings. The molecule has 2 aromatic rings. The monoisotopic (exact) mass is 387 g/mol. The second kappa shape index (κ2) is 7.34. The summed E-state index contributed by atoms with van der Waals surface area (Å²) in [7, 11) is -2.92. The van der Waals surface area contributed by atoms with E-state index in [9.17, 15) is 8.42 Å². The van der Waals surface area contributed by atoms with Gasteiger partial charge in [0.05, 0.1) is 11.5 Å². The molecule has 0 spiro atoms. The van der Waals surface area contributed by atoms with E-state index in [0.29, 0.717) is 23.9 Å². The molecule has 8 heteroatoms. The summed E-state index contributed by atoms with van der Waals surface area (Å²) >= 11 is 0. The minimum absolute atomic E-state index is 0.0862. The van der Waals surface area contributed by atoms with Crippen molar-refractivity contribution in [3.63, 3.8) is 0 Å². The van der Waals surface area contributed by atoms with Gasteiger partial charge in [0, 0.05) is 36.6 Å². The SMILES string of the molecule is Cc1nc(Nc2ccc(N3CCCC3)cc2)cc(NC2CCS(=O)(=O)C2)n1. The van der Waals surface area contributed by atoms with Gasteiger partial charge in [-0.05, 0) is 50.5 Å². The van der Waals surface area contributed by atoms with Gasteiger partial charge in [-0.2, -0.15) is 0 Å². The summed E-state index contributed by atoms with van der Waals surface area (Å²) in [5, 5.41) is 6.55. The van der Waals surface area contributed by atoms with E-state index in [4.69, 9.17) is 0 Å². The normalized spacial score (nSPS) is 21.4. The third-order valence-corrected chi connectivity index (χ3v) is 6.80. The number of nitrogens with zero attached hydrogens (tertiary/aromatic N) is 3. The third kappa shape index (κ3) is 4.50. The lowest BCUT2D eigenvalue weighted by Crippen LogP contribution is -2.21. The maximum atomic E-state index is 11.6. The molecule has 7 nitrogen and oxygen atoms in total. The number of hydrogen-bond donors (Lipinski definition) is 2. The summed E-state index contributed by atoms with van der Waals surface area (Å²) in [4.78, 5) is 11.2. The Kier molecular flexibility index (Phi) is 4.90. The van der Waals surface area contributed by atoms with Crippen LogP contribution in [0.25, 0.3) is 0 Å². The molecule has 1 aromatic heterocycles. The zero-order valence-corrected chi connectivity index (χ0v) is 16.3. The van der Waals surface area contributed by atoms with E-state index < -0.39 is 9.84 Å². The van der Waals surface area contributed by atoms with Crippen LogP contribution in [0.3, 0.4) is 0 Å². The molecule has 0 radical (unpaired) electrons. The Bertz CT molecular complexity index is 908. The van der Waals surface area contributed by atoms with Gasteiger partial charge in [-0.25, -0.2) is 18.4 Å². The minimum Gasteiger partial charge on any atom is -0.372 e. The highest BCUT2D eigenvalue weighted by Crippen LogP contribution is 2.24. The molecule has 2 aliphatic rings. The Labute approximate surface area is 160 Å². The van der Waals surface area contributed by atoms with Crippen LogP contribution >= 0.6 is 0 Å². The van der Waals surface area contributed by atoms with Crippen LogP contribution in [0.2, 0.25) is 0 Å². The average Bonchev–Trinajstić information content (AvgIpc) is 3.25. The molecule has 0 saturated carbocycles. The van der Waals surface area contributed by atoms with E-state index >= 15 is 0 Å². The number of sulfone groups is 1. The van der Waals surface area contributed by atoms with Gasteiger partial charge in [0.25, 0.3) is 0 Å². The first kappa shape index (κ1) is 18.0. The average molecular weight is 388 g/mol. The van der Waals surface area contributed by atoms with Crippen molar-refractivity contribution in [3.8, 4) is 0 Å². The lowest BCUT2D eigenvalue weighted by molar-refractivity contribution is 0.602. The fraction of sp³-hybridized carbons (Fsp3) is 0.474. The molecule has 144 valence electrons. The van der Waals surface area contributed by atoms with E-state index in [0.717, 1.165) is 18.8 Å². The topological polar surface area (TPSA) is 87.2 Å². The number of rotatable bonds is 5. The van der Waals surface area contributed by atoms with Gasteiger partial charge in [0.15, 0.2) is 9.84 Å². The van der Waals surface area contributed by atoms with Crippen molar-refractivity contribution in [2.24, 2.45) is 0 Å². The molecular weight excluding hydrogens is 362 g/mol. The van der Waals surface area contributed by atoms with Crippen LogP contribution < -0.4 is 15.5 Å². The molecule has 2 saturated heterocycles. The maximum absolute atomic E-state index is 11.6. The second-order valence-corrected chi connectivity index (χ2v) is 9.52. The first-order valence-electron chi connectivity index (χ1n) is 9.42. The Hall–Kier alpha value is -2.35. The zero-order valence-electron chi connectivity index (χ0n) is 15.5. The third-order valence-electron chi connectivity index (χ3n) is 5.03. The van der Waals surface area contributed by atoms with E-state index in [1.165, 1.54) is 18.5 Å². The van der Waals surface area contributed by atoms with Crippen LogP contribution in [0.4, 0.5) is 23.0 Å². The molecule has 0 bridgehead atoms. The second-order valence-electron chi connectivity index (χ2n) is 7.30. The van der Waals surface area contributed by atoms with Crippen molar-refractivity contribution in [2.45, 2.75) is 32.2 Å². The molecule has 3 heterocycles. The van der Waals surface area contributed by atoms with Crippen molar-refractivity contribution < 1.29 is 8.42 Å². The molecule has 1 aromatic carbocycles. The molecule has 0 aliphatic carbocycles. The van der Waals surface area contributed by atoms with E-state index in [2.05, 4.69) is 49.8 Å². The van der Waals surface area contributed by atoms with E-state index in [1.54, 1.807) is 0 Å². The first-order chi connectivity index (χ1) is 13.0. The first-order valence-corrected chi connectivity index (χ1v) is 11.2. The number of nitrogens with one attached hydrogen (secondary N) is 2. The Morgan fingerprint density at radius 2 is 1.78 bits per heavy atom. The van der Waals surface area contributed by atoms with E-state index in [-0.39, 0.29) is 17.5 Å². The van der Waals surface area contributed by atoms with Crippen molar-refractivity contribution >= 4 is 32.8 Å². The smallest absolute Gasteiger partial charge is 0.152 e. The quantitative estimate of drug-likeness (QED) is 0.816. The van der Waals surface area contributed by atoms with Gasteiger partial charge in [-0.15, -0.1) is 0 Å². The summed E-state index contributed by atoms with van der Waals surface area (Å²) in [5.74, 6) is 2.39. The largest absolute Gasteiger partial charge is 0.372 e. The Morgan fingerprint density at radius 1 is 1.07 bits per heavy atom. The van der Waals surface area contributed by atoms with Crippen molar-refractivity contribution in [1.29, 1.82) is 0 Å². The molecule has 0 amide bonds. The standard InChI is InChI=1S/C19H25N5O2S/c1-14-20-18(12-19(21-14)23-16-8-11-27(25,26)13-16)22-15-4-6-17(7-5-15)24-9-2-3-10-24/h4-7,12,16H,2-3,8-11,13H2,1H3,(H2,20,21,22,23). The van der Waals surface area contributed by atoms with Crippen molar-refractivity contribution in [2.75, 3.05) is 40.1 Å². The lowest BCUT2D eigenvalue weighted by Gasteiger charge is -2.18. The highest BCUT2D eigenvalue weighted by molar-refractivity contribution is 7.91. The molecule has 1 atom stereocenters. The molecular formula is C19H25N5O2S. The van der Waals surface area contributed by atoms with Gasteiger partial charge >= 0.3 is 0 Å². The van der Waals surface area contributed by atoms with Gasteiger partial charge in [0.1, 0.15) is 17.5 Å². The summed E-state index contributed by atoms with van der Waals surface area (Å²) in [6, 6.07) is 10.1. The summed E-state index contributed by atoms with van der Waals surface area (Å²) in [6.07, 6.45) is 3.14. The van der Waals surface area contributed by atoms with Crippen LogP contribution in [-0.4, -0.2) is 49.0 Å². The van der Waals surface area contributed by atoms with Crippen LogP contribution in [0.15, 0.2) is 30.3 Å². The number of aromatic nitrogens is 2. The fourth-order valence-corrected chi connectivity index (χ4v) is 5.38. The predicted octanol–water partition coefficient (Wildman–Crippen LogP) is 2.73. The summed E-state index contributed by atoms with van der Waals surface area (Å²) < 4.78 is 23.3. The zero-order chi connectivity index (χ0) is 18.9. The van der Waals surface area contributed by atoms with Crippen molar-refractivity contribution in [1.82, 2.24) is 9.97 Å². The predicted molar refractivity (Wildman–Crippen MR) is 109 cm³/mol. The number of aryl methyl sites for hydroxylation is 1. The maximum Gasteiger partial charge on any atom is 0.152 e. The summed E-state index contributed by atoms with van der Waals surface area (Å²) in [6.45, 7) is 4.09.